The minimum atomic E-state index is -0.952. The zero-order valence-corrected chi connectivity index (χ0v) is 29.5. The number of unbranched alkanes of at least 4 members (excludes halogenated alkanes) is 2. The van der Waals surface area contributed by atoms with Gasteiger partial charge in [0, 0.05) is 30.5 Å². The monoisotopic (exact) mass is 653 g/mol. The highest BCUT2D eigenvalue weighted by atomic mass is 16.4. The topological polar surface area (TPSA) is 130 Å². The number of allylic oxidation sites excluding steroid dienone is 2. The van der Waals surface area contributed by atoms with E-state index in [9.17, 15) is 30.3 Å². The molecule has 0 saturated carbocycles. The Kier molecular flexibility index (Phi) is 19.9. The molecule has 7 nitrogen and oxygen atoms in total. The summed E-state index contributed by atoms with van der Waals surface area (Å²) in [7, 11) is 0. The van der Waals surface area contributed by atoms with Crippen LogP contribution in [0.25, 0.3) is 0 Å². The summed E-state index contributed by atoms with van der Waals surface area (Å²) in [5.74, 6) is 6.73. The largest absolute Gasteiger partial charge is 0.481 e. The maximum Gasteiger partial charge on any atom is 0.303 e. The third-order valence-electron chi connectivity index (χ3n) is 9.37. The van der Waals surface area contributed by atoms with Crippen molar-refractivity contribution in [3.05, 3.63) is 58.7 Å². The summed E-state index contributed by atoms with van der Waals surface area (Å²) in [4.78, 5) is 11.4. The smallest absolute Gasteiger partial charge is 0.303 e. The minimum absolute atomic E-state index is 0.165. The Hall–Kier alpha value is -2.47. The Morgan fingerprint density at radius 3 is 2.45 bits per heavy atom. The quantitative estimate of drug-likeness (QED) is 0.0682. The van der Waals surface area contributed by atoms with Crippen molar-refractivity contribution < 1.29 is 30.3 Å². The number of aliphatic hydroxyl groups is 4. The molecule has 47 heavy (non-hydrogen) atoms. The zero-order valence-electron chi connectivity index (χ0n) is 29.5. The van der Waals surface area contributed by atoms with E-state index < -0.39 is 24.3 Å². The molecule has 6 N–H and O–H groups in total. The molecule has 1 aliphatic heterocycles. The molecule has 1 aromatic carbocycles. The van der Waals surface area contributed by atoms with Crippen LogP contribution in [0, 0.1) is 23.7 Å². The Morgan fingerprint density at radius 1 is 1.00 bits per heavy atom. The average Bonchev–Trinajstić information content (AvgIpc) is 3.03. The molecule has 0 amide bonds. The number of nitrogens with one attached hydrogen (secondary N) is 1. The second-order valence-corrected chi connectivity index (χ2v) is 13.9. The number of benzene rings is 1. The molecule has 2 rings (SSSR count). The van der Waals surface area contributed by atoms with Crippen LogP contribution in [0.4, 0.5) is 0 Å². The van der Waals surface area contributed by atoms with Gasteiger partial charge in [-0.1, -0.05) is 108 Å². The normalized spacial score (nSPS) is 21.6. The molecule has 7 heteroatoms. The number of hydrogen-bond acceptors (Lipinski definition) is 6. The number of carbonyl (C=O) groups is 1. The van der Waals surface area contributed by atoms with Crippen LogP contribution in [0.5, 0.6) is 0 Å². The molecule has 0 spiro atoms. The number of aliphatic hydroxyl groups excluding tert-OH is 4. The van der Waals surface area contributed by atoms with Crippen molar-refractivity contribution in [2.45, 2.75) is 154 Å². The summed E-state index contributed by atoms with van der Waals surface area (Å²) in [5, 5.41) is 55.6. The van der Waals surface area contributed by atoms with Gasteiger partial charge in [-0.05, 0) is 80.1 Å². The Bertz CT molecular complexity index is 1160. The van der Waals surface area contributed by atoms with Crippen LogP contribution in [0.2, 0.25) is 0 Å². The molecule has 0 bridgehead atoms. The van der Waals surface area contributed by atoms with Crippen LogP contribution >= 0.6 is 0 Å². The standard InChI is InChI=1S/C40H63NO6/c1-5-6-7-16-35(44)25-24-34-23-22-33-14-9-8-13-32(33)15-11-17-38(30(4)43)41-39(37(34)27-36(45)28-42)18-10-12-31(20-19-29(2)3)21-26-40(46)47/h8-9,13-14,24-25,29-31,35-36,38-39,41-45H,5-7,10,12,16-23,26-28H2,1-4H3,(H,46,47)/b25-24+,37-34+/t30-,31+,35-,36-,38+,39-/m0/s1. The van der Waals surface area contributed by atoms with Crippen molar-refractivity contribution in [2.75, 3.05) is 6.61 Å². The maximum atomic E-state index is 11.4. The highest BCUT2D eigenvalue weighted by Gasteiger charge is 2.26. The summed E-state index contributed by atoms with van der Waals surface area (Å²) in [6.07, 6.45) is 12.9. The lowest BCUT2D eigenvalue weighted by atomic mass is 9.85. The highest BCUT2D eigenvalue weighted by molar-refractivity contribution is 5.66. The van der Waals surface area contributed by atoms with E-state index in [1.165, 1.54) is 0 Å². The number of aryl methyl sites for hydroxylation is 1. The van der Waals surface area contributed by atoms with Gasteiger partial charge in [-0.2, -0.15) is 0 Å². The van der Waals surface area contributed by atoms with Crippen molar-refractivity contribution >= 4 is 5.97 Å². The SMILES string of the molecule is CCCCC[C@H](O)/C=C/C1=C(\C[C@H](O)CO)[C@H](CCC[C@@H](CCC(=O)O)CCC(C)C)N[C@@H]([C@H](C)O)CC#Cc2ccccc2CC1. The van der Waals surface area contributed by atoms with Gasteiger partial charge in [0.1, 0.15) is 0 Å². The molecule has 1 heterocycles. The Morgan fingerprint density at radius 2 is 1.77 bits per heavy atom. The number of aliphatic carboxylic acids is 1. The van der Waals surface area contributed by atoms with E-state index in [1.807, 2.05) is 30.4 Å². The molecular formula is C40H63NO6. The van der Waals surface area contributed by atoms with E-state index in [4.69, 9.17) is 0 Å². The molecule has 0 unspecified atom stereocenters. The lowest BCUT2D eigenvalue weighted by molar-refractivity contribution is -0.137. The first-order valence-electron chi connectivity index (χ1n) is 18.1. The summed E-state index contributed by atoms with van der Waals surface area (Å²) >= 11 is 0. The summed E-state index contributed by atoms with van der Waals surface area (Å²) in [5.41, 5.74) is 4.08. The molecule has 6 atom stereocenters. The molecule has 0 radical (unpaired) electrons. The maximum absolute atomic E-state index is 11.4. The summed E-state index contributed by atoms with van der Waals surface area (Å²) < 4.78 is 0. The molecule has 0 aromatic heterocycles. The van der Waals surface area contributed by atoms with Gasteiger partial charge >= 0.3 is 5.97 Å². The number of rotatable bonds is 20. The van der Waals surface area contributed by atoms with Gasteiger partial charge in [-0.15, -0.1) is 0 Å². The number of carboxylic acids is 1. The predicted octanol–water partition coefficient (Wildman–Crippen LogP) is 6.71. The second kappa shape index (κ2) is 23.0. The molecule has 0 saturated heterocycles. The van der Waals surface area contributed by atoms with Gasteiger partial charge in [0.2, 0.25) is 0 Å². The van der Waals surface area contributed by atoms with E-state index in [0.717, 1.165) is 80.1 Å². The zero-order chi connectivity index (χ0) is 34.6. The van der Waals surface area contributed by atoms with Crippen LogP contribution in [0.1, 0.15) is 129 Å². The third-order valence-corrected chi connectivity index (χ3v) is 9.37. The lowest BCUT2D eigenvalue weighted by Gasteiger charge is -2.32. The fraction of sp³-hybridized carbons (Fsp3) is 0.675. The fourth-order valence-electron chi connectivity index (χ4n) is 6.40. The molecule has 1 aromatic rings. The number of hydrogen-bond donors (Lipinski definition) is 6. The van der Waals surface area contributed by atoms with Gasteiger partial charge in [-0.25, -0.2) is 0 Å². The Labute approximate surface area is 284 Å². The van der Waals surface area contributed by atoms with Crippen molar-refractivity contribution in [1.82, 2.24) is 5.32 Å². The van der Waals surface area contributed by atoms with Crippen molar-refractivity contribution in [3.63, 3.8) is 0 Å². The van der Waals surface area contributed by atoms with Crippen LogP contribution in [-0.2, 0) is 11.2 Å². The van der Waals surface area contributed by atoms with Gasteiger partial charge in [0.05, 0.1) is 24.9 Å². The van der Waals surface area contributed by atoms with Gasteiger partial charge in [0.15, 0.2) is 0 Å². The van der Waals surface area contributed by atoms with E-state index in [2.05, 4.69) is 44.0 Å². The van der Waals surface area contributed by atoms with Crippen LogP contribution < -0.4 is 5.32 Å². The predicted molar refractivity (Wildman–Crippen MR) is 191 cm³/mol. The van der Waals surface area contributed by atoms with Crippen molar-refractivity contribution in [3.8, 4) is 11.8 Å². The van der Waals surface area contributed by atoms with Crippen LogP contribution in [-0.4, -0.2) is 68.5 Å². The highest BCUT2D eigenvalue weighted by Crippen LogP contribution is 2.29. The van der Waals surface area contributed by atoms with E-state index in [0.29, 0.717) is 37.5 Å². The first-order valence-corrected chi connectivity index (χ1v) is 18.1. The van der Waals surface area contributed by atoms with Crippen LogP contribution in [0.3, 0.4) is 0 Å². The van der Waals surface area contributed by atoms with E-state index in [1.54, 1.807) is 6.92 Å². The molecular weight excluding hydrogens is 590 g/mol. The third kappa shape index (κ3) is 16.5. The lowest BCUT2D eigenvalue weighted by Crippen LogP contribution is -2.46. The molecule has 0 fully saturated rings. The summed E-state index contributed by atoms with van der Waals surface area (Å²) in [6, 6.07) is 7.58. The average molecular weight is 654 g/mol. The molecule has 0 aliphatic carbocycles. The molecule has 264 valence electrons. The summed E-state index contributed by atoms with van der Waals surface area (Å²) in [6.45, 7) is 7.93. The fourth-order valence-corrected chi connectivity index (χ4v) is 6.40. The molecule has 1 aliphatic rings. The van der Waals surface area contributed by atoms with E-state index in [-0.39, 0.29) is 31.5 Å². The van der Waals surface area contributed by atoms with Gasteiger partial charge in [-0.3, -0.25) is 4.79 Å². The number of fused-ring (bicyclic) bond motifs is 1. The minimum Gasteiger partial charge on any atom is -0.481 e. The first kappa shape index (κ1) is 40.7. The van der Waals surface area contributed by atoms with Crippen molar-refractivity contribution in [1.29, 1.82) is 0 Å². The Balaban J connectivity index is 2.56. The van der Waals surface area contributed by atoms with Crippen molar-refractivity contribution in [2.24, 2.45) is 11.8 Å². The van der Waals surface area contributed by atoms with Crippen LogP contribution in [0.15, 0.2) is 47.6 Å². The number of carboxylic acid groups (broad SMARTS) is 1. The second-order valence-electron chi connectivity index (χ2n) is 13.9. The first-order chi connectivity index (χ1) is 22.5. The van der Waals surface area contributed by atoms with E-state index >= 15 is 0 Å². The van der Waals surface area contributed by atoms with Gasteiger partial charge < -0.3 is 30.8 Å². The van der Waals surface area contributed by atoms with Gasteiger partial charge in [0.25, 0.3) is 0 Å².